The van der Waals surface area contributed by atoms with Crippen molar-refractivity contribution < 1.29 is 17.9 Å². The number of rotatable bonds is 7. The highest BCUT2D eigenvalue weighted by molar-refractivity contribution is 6.58. The van der Waals surface area contributed by atoms with E-state index in [4.69, 9.17) is 4.74 Å². The van der Waals surface area contributed by atoms with Crippen molar-refractivity contribution in [1.82, 2.24) is 0 Å². The average Bonchev–Trinajstić information content (AvgIpc) is 2.68. The summed E-state index contributed by atoms with van der Waals surface area (Å²) in [5, 5.41) is 0. The third-order valence-corrected chi connectivity index (χ3v) is 10.5. The molecule has 2 aliphatic rings. The highest BCUT2D eigenvalue weighted by Gasteiger charge is 2.32. The first kappa shape index (κ1) is 20.8. The molecule has 152 valence electrons. The molecule has 1 saturated carbocycles. The van der Waals surface area contributed by atoms with Gasteiger partial charge in [0.05, 0.1) is 0 Å². The molecule has 0 unspecified atom stereocenters. The van der Waals surface area contributed by atoms with E-state index >= 15 is 0 Å². The maximum absolute atomic E-state index is 14.2. The maximum atomic E-state index is 14.2. The van der Waals surface area contributed by atoms with E-state index in [0.29, 0.717) is 0 Å². The molecule has 1 heterocycles. The topological polar surface area (TPSA) is 9.23 Å². The fraction of sp³-hybridized carbons (Fsp3) is 0.727. The van der Waals surface area contributed by atoms with Gasteiger partial charge in [-0.15, -0.1) is 0 Å². The number of alkyl halides is 1. The van der Waals surface area contributed by atoms with Crippen LogP contribution in [0.5, 0.6) is 5.75 Å². The molecule has 5 heteroatoms. The molecule has 1 aromatic carbocycles. The zero-order chi connectivity index (χ0) is 19.2. The Morgan fingerprint density at radius 3 is 2.11 bits per heavy atom. The second kappa shape index (κ2) is 9.99. The lowest BCUT2D eigenvalue weighted by atomic mass is 9.72. The first-order valence-electron chi connectivity index (χ1n) is 10.8. The Morgan fingerprint density at radius 2 is 1.56 bits per heavy atom. The molecule has 0 radical (unpaired) electrons. The summed E-state index contributed by atoms with van der Waals surface area (Å²) in [7, 11) is -0.424. The molecule has 0 N–H and O–H groups in total. The standard InChI is InChI=1S/C22H33F3OSi/c1-2-11-27-12-7-18(8-13-27)16-3-5-17(6-4-16)19-14-20(24)22(21(25)15-19)26-10-9-23/h14-18,27H,2-13H2,1H3/t16?,17?,18-,27-. The minimum Gasteiger partial charge on any atom is -0.485 e. The van der Waals surface area contributed by atoms with E-state index in [1.165, 1.54) is 62.4 Å². The molecule has 1 aliphatic heterocycles. The van der Waals surface area contributed by atoms with Crippen LogP contribution in [-0.4, -0.2) is 22.1 Å². The van der Waals surface area contributed by atoms with Gasteiger partial charge in [0, 0.05) is 8.80 Å². The molecule has 0 atom stereocenters. The predicted octanol–water partition coefficient (Wildman–Crippen LogP) is 6.63. The minimum atomic E-state index is -0.756. The van der Waals surface area contributed by atoms with E-state index in [2.05, 4.69) is 6.92 Å². The monoisotopic (exact) mass is 398 g/mol. The highest BCUT2D eigenvalue weighted by Crippen LogP contribution is 2.44. The molecular weight excluding hydrogens is 365 g/mol. The van der Waals surface area contributed by atoms with Crippen LogP contribution in [0.1, 0.15) is 63.4 Å². The van der Waals surface area contributed by atoms with Gasteiger partial charge in [0.15, 0.2) is 17.4 Å². The summed E-state index contributed by atoms with van der Waals surface area (Å²) in [6.45, 7) is 1.24. The summed E-state index contributed by atoms with van der Waals surface area (Å²) in [4.78, 5) is 0. The Hall–Kier alpha value is -0.973. The minimum absolute atomic E-state index is 0.228. The van der Waals surface area contributed by atoms with Crippen LogP contribution in [0.3, 0.4) is 0 Å². The van der Waals surface area contributed by atoms with Crippen molar-refractivity contribution in [3.8, 4) is 5.75 Å². The van der Waals surface area contributed by atoms with Crippen molar-refractivity contribution in [3.05, 3.63) is 29.3 Å². The van der Waals surface area contributed by atoms with E-state index in [-0.39, 0.29) is 12.5 Å². The summed E-state index contributed by atoms with van der Waals surface area (Å²) >= 11 is 0. The number of hydrogen-bond donors (Lipinski definition) is 0. The first-order chi connectivity index (χ1) is 13.1. The lowest BCUT2D eigenvalue weighted by molar-refractivity contribution is 0.215. The van der Waals surface area contributed by atoms with Gasteiger partial charge in [0.1, 0.15) is 13.3 Å². The lowest BCUT2D eigenvalue weighted by Crippen LogP contribution is -2.28. The molecule has 1 aliphatic carbocycles. The molecule has 0 aromatic heterocycles. The van der Waals surface area contributed by atoms with E-state index in [0.717, 1.165) is 30.2 Å². The van der Waals surface area contributed by atoms with Gasteiger partial charge in [0.2, 0.25) is 0 Å². The van der Waals surface area contributed by atoms with Gasteiger partial charge < -0.3 is 4.74 Å². The number of hydrogen-bond acceptors (Lipinski definition) is 1. The Morgan fingerprint density at radius 1 is 0.963 bits per heavy atom. The molecule has 1 saturated heterocycles. The summed E-state index contributed by atoms with van der Waals surface area (Å²) < 4.78 is 45.4. The highest BCUT2D eigenvalue weighted by atomic mass is 28.3. The number of halogens is 3. The smallest absolute Gasteiger partial charge is 0.190 e. The predicted molar refractivity (Wildman–Crippen MR) is 107 cm³/mol. The van der Waals surface area contributed by atoms with Gasteiger partial charge >= 0.3 is 0 Å². The van der Waals surface area contributed by atoms with Gasteiger partial charge in [-0.3, -0.25) is 0 Å². The Kier molecular flexibility index (Phi) is 7.68. The SMILES string of the molecule is CCC[Si@H]1CC[C@H](C2CCC(c3cc(F)c(OCCF)c(F)c3)CC2)CC1. The Labute approximate surface area is 163 Å². The molecule has 2 fully saturated rings. The van der Waals surface area contributed by atoms with Gasteiger partial charge in [0.25, 0.3) is 0 Å². The largest absolute Gasteiger partial charge is 0.485 e. The number of ether oxygens (including phenoxy) is 1. The van der Waals surface area contributed by atoms with Crippen molar-refractivity contribution in [2.75, 3.05) is 13.3 Å². The van der Waals surface area contributed by atoms with Crippen molar-refractivity contribution in [1.29, 1.82) is 0 Å². The van der Waals surface area contributed by atoms with Crippen LogP contribution < -0.4 is 4.74 Å². The van der Waals surface area contributed by atoms with Crippen LogP contribution >= 0.6 is 0 Å². The first-order valence-corrected chi connectivity index (χ1v) is 13.2. The summed E-state index contributed by atoms with van der Waals surface area (Å²) in [6.07, 6.45) is 8.60. The van der Waals surface area contributed by atoms with Crippen LogP contribution in [-0.2, 0) is 0 Å². The molecule has 0 bridgehead atoms. The second-order valence-electron chi connectivity index (χ2n) is 8.53. The normalized spacial score (nSPS) is 28.9. The van der Waals surface area contributed by atoms with Crippen molar-refractivity contribution in [2.24, 2.45) is 11.8 Å². The molecular formula is C22H33F3OSi. The molecule has 3 rings (SSSR count). The zero-order valence-corrected chi connectivity index (χ0v) is 17.6. The molecule has 0 amide bonds. The van der Waals surface area contributed by atoms with Crippen LogP contribution in [0.2, 0.25) is 18.1 Å². The van der Waals surface area contributed by atoms with E-state index in [1.807, 2.05) is 0 Å². The van der Waals surface area contributed by atoms with Crippen molar-refractivity contribution >= 4 is 8.80 Å². The third kappa shape index (κ3) is 5.30. The van der Waals surface area contributed by atoms with E-state index < -0.39 is 32.9 Å². The maximum Gasteiger partial charge on any atom is 0.190 e. The van der Waals surface area contributed by atoms with Crippen LogP contribution in [0, 0.1) is 23.5 Å². The van der Waals surface area contributed by atoms with Crippen LogP contribution in [0.25, 0.3) is 0 Å². The summed E-state index contributed by atoms with van der Waals surface area (Å²) in [6, 6.07) is 7.35. The lowest BCUT2D eigenvalue weighted by Gasteiger charge is -2.37. The van der Waals surface area contributed by atoms with Gasteiger partial charge in [-0.25, -0.2) is 13.2 Å². The number of benzene rings is 1. The summed E-state index contributed by atoms with van der Waals surface area (Å²) in [5.74, 6) is 0.0557. The molecule has 1 aromatic rings. The summed E-state index contributed by atoms with van der Waals surface area (Å²) in [5.41, 5.74) is 0.732. The third-order valence-electron chi connectivity index (χ3n) is 6.84. The fourth-order valence-corrected chi connectivity index (χ4v) is 8.86. The van der Waals surface area contributed by atoms with E-state index in [1.54, 1.807) is 0 Å². The molecule has 0 spiro atoms. The van der Waals surface area contributed by atoms with Crippen molar-refractivity contribution in [3.63, 3.8) is 0 Å². The van der Waals surface area contributed by atoms with Crippen LogP contribution in [0.15, 0.2) is 12.1 Å². The second-order valence-corrected chi connectivity index (χ2v) is 12.0. The van der Waals surface area contributed by atoms with Crippen molar-refractivity contribution in [2.45, 2.75) is 75.9 Å². The van der Waals surface area contributed by atoms with Gasteiger partial charge in [-0.1, -0.05) is 44.3 Å². The Balaban J connectivity index is 1.53. The Bertz CT molecular complexity index is 570. The fourth-order valence-electron chi connectivity index (χ4n) is 5.37. The van der Waals surface area contributed by atoms with E-state index in [9.17, 15) is 13.2 Å². The quantitative estimate of drug-likeness (QED) is 0.468. The van der Waals surface area contributed by atoms with Gasteiger partial charge in [-0.05, 0) is 61.1 Å². The van der Waals surface area contributed by atoms with Crippen LogP contribution in [0.4, 0.5) is 13.2 Å². The molecule has 1 nitrogen and oxygen atoms in total. The zero-order valence-electron chi connectivity index (χ0n) is 16.5. The molecule has 27 heavy (non-hydrogen) atoms. The average molecular weight is 399 g/mol. The van der Waals surface area contributed by atoms with Gasteiger partial charge in [-0.2, -0.15) is 0 Å².